The maximum atomic E-state index is 10.7. The highest BCUT2D eigenvalue weighted by atomic mass is 32.1. The van der Waals surface area contributed by atoms with Crippen molar-refractivity contribution in [3.8, 4) is 11.5 Å². The van der Waals surface area contributed by atoms with Gasteiger partial charge in [-0.15, -0.1) is 0 Å². The predicted molar refractivity (Wildman–Crippen MR) is 63.5 cm³/mol. The standard InChI is InChI=1S/C11H12O4S/c1-14-8-4-3-5-9(15-2)7(8)6-10(16)11(12)13/h3-5H,6H2,1-2H3,(H,12,13). The Hall–Kier alpha value is -1.62. The van der Waals surface area contributed by atoms with E-state index in [0.717, 1.165) is 0 Å². The molecular weight excluding hydrogens is 228 g/mol. The first kappa shape index (κ1) is 12.4. The van der Waals surface area contributed by atoms with E-state index in [1.807, 2.05) is 0 Å². The molecule has 0 saturated heterocycles. The second-order valence-corrected chi connectivity index (χ2v) is 3.54. The van der Waals surface area contributed by atoms with Crippen LogP contribution in [-0.4, -0.2) is 30.2 Å². The molecule has 0 saturated carbocycles. The van der Waals surface area contributed by atoms with Gasteiger partial charge in [0.05, 0.1) is 14.2 Å². The van der Waals surface area contributed by atoms with Crippen molar-refractivity contribution < 1.29 is 19.4 Å². The van der Waals surface area contributed by atoms with Gasteiger partial charge in [-0.1, -0.05) is 18.3 Å². The molecule has 0 bridgehead atoms. The largest absolute Gasteiger partial charge is 0.496 e. The number of carbonyl (C=O) groups is 1. The van der Waals surface area contributed by atoms with Crippen LogP contribution in [0.2, 0.25) is 0 Å². The summed E-state index contributed by atoms with van der Waals surface area (Å²) in [6, 6.07) is 5.25. The Labute approximate surface area is 98.8 Å². The quantitative estimate of drug-likeness (QED) is 0.794. The maximum Gasteiger partial charge on any atom is 0.342 e. The summed E-state index contributed by atoms with van der Waals surface area (Å²) in [6.45, 7) is 0. The summed E-state index contributed by atoms with van der Waals surface area (Å²) in [5, 5.41) is 8.75. The fourth-order valence-corrected chi connectivity index (χ4v) is 1.48. The normalized spacial score (nSPS) is 9.62. The van der Waals surface area contributed by atoms with E-state index in [0.29, 0.717) is 17.1 Å². The van der Waals surface area contributed by atoms with Crippen LogP contribution in [-0.2, 0) is 11.2 Å². The molecule has 0 spiro atoms. The highest BCUT2D eigenvalue weighted by Crippen LogP contribution is 2.28. The van der Waals surface area contributed by atoms with Crippen LogP contribution in [0.25, 0.3) is 0 Å². The first-order valence-corrected chi connectivity index (χ1v) is 4.97. The van der Waals surface area contributed by atoms with Gasteiger partial charge in [0, 0.05) is 12.0 Å². The van der Waals surface area contributed by atoms with Crippen molar-refractivity contribution in [3.63, 3.8) is 0 Å². The van der Waals surface area contributed by atoms with Gasteiger partial charge in [-0.2, -0.15) is 0 Å². The van der Waals surface area contributed by atoms with Crippen molar-refractivity contribution >= 4 is 23.1 Å². The van der Waals surface area contributed by atoms with Gasteiger partial charge in [0.25, 0.3) is 0 Å². The Kier molecular flexibility index (Phi) is 4.25. The molecule has 0 heterocycles. The molecule has 0 atom stereocenters. The predicted octanol–water partition coefficient (Wildman–Crippen LogP) is 1.70. The molecule has 16 heavy (non-hydrogen) atoms. The van der Waals surface area contributed by atoms with Crippen molar-refractivity contribution in [3.05, 3.63) is 23.8 Å². The number of benzene rings is 1. The van der Waals surface area contributed by atoms with Gasteiger partial charge in [-0.3, -0.25) is 0 Å². The van der Waals surface area contributed by atoms with Gasteiger partial charge in [0.15, 0.2) is 0 Å². The molecule has 0 aliphatic rings. The van der Waals surface area contributed by atoms with Crippen molar-refractivity contribution in [2.75, 3.05) is 14.2 Å². The maximum absolute atomic E-state index is 10.7. The average molecular weight is 240 g/mol. The molecular formula is C11H12O4S. The summed E-state index contributed by atoms with van der Waals surface area (Å²) >= 11 is 4.76. The molecule has 1 rings (SSSR count). The van der Waals surface area contributed by atoms with Crippen LogP contribution in [0.15, 0.2) is 18.2 Å². The second-order valence-electron chi connectivity index (χ2n) is 3.05. The molecule has 1 N–H and O–H groups in total. The number of ether oxygens (including phenoxy) is 2. The molecule has 0 radical (unpaired) electrons. The van der Waals surface area contributed by atoms with E-state index in [-0.39, 0.29) is 11.3 Å². The van der Waals surface area contributed by atoms with Crippen molar-refractivity contribution in [2.45, 2.75) is 6.42 Å². The number of rotatable bonds is 5. The lowest BCUT2D eigenvalue weighted by Gasteiger charge is -2.12. The topological polar surface area (TPSA) is 55.8 Å². The van der Waals surface area contributed by atoms with Crippen molar-refractivity contribution in [1.82, 2.24) is 0 Å². The van der Waals surface area contributed by atoms with Gasteiger partial charge in [0.1, 0.15) is 16.4 Å². The van der Waals surface area contributed by atoms with Gasteiger partial charge in [-0.05, 0) is 12.1 Å². The molecule has 0 aliphatic heterocycles. The molecule has 1 aromatic carbocycles. The van der Waals surface area contributed by atoms with Crippen LogP contribution in [0.4, 0.5) is 0 Å². The Balaban J connectivity index is 3.09. The third-order valence-corrected chi connectivity index (χ3v) is 2.42. The molecule has 86 valence electrons. The first-order chi connectivity index (χ1) is 7.60. The Morgan fingerprint density at radius 3 is 2.19 bits per heavy atom. The number of carboxylic acid groups (broad SMARTS) is 1. The average Bonchev–Trinajstić information content (AvgIpc) is 2.29. The summed E-state index contributed by atoms with van der Waals surface area (Å²) in [5.41, 5.74) is 0.653. The molecule has 0 fully saturated rings. The van der Waals surface area contributed by atoms with E-state index in [1.54, 1.807) is 18.2 Å². The number of aliphatic carboxylic acids is 1. The van der Waals surface area contributed by atoms with Crippen LogP contribution in [0, 0.1) is 0 Å². The molecule has 1 aromatic rings. The lowest BCUT2D eigenvalue weighted by Crippen LogP contribution is -2.14. The van der Waals surface area contributed by atoms with E-state index in [2.05, 4.69) is 0 Å². The van der Waals surface area contributed by atoms with Crippen LogP contribution in [0.3, 0.4) is 0 Å². The van der Waals surface area contributed by atoms with E-state index in [9.17, 15) is 4.79 Å². The van der Waals surface area contributed by atoms with E-state index < -0.39 is 5.97 Å². The third-order valence-electron chi connectivity index (χ3n) is 2.11. The summed E-state index contributed by atoms with van der Waals surface area (Å²) in [4.78, 5) is 10.6. The van der Waals surface area contributed by atoms with Crippen LogP contribution in [0.5, 0.6) is 11.5 Å². The minimum Gasteiger partial charge on any atom is -0.496 e. The smallest absolute Gasteiger partial charge is 0.342 e. The Morgan fingerprint density at radius 1 is 1.31 bits per heavy atom. The summed E-state index contributed by atoms with van der Waals surface area (Å²) in [5.74, 6) is 0.0499. The second kappa shape index (κ2) is 5.46. The Bertz CT molecular complexity index is 392. The summed E-state index contributed by atoms with van der Waals surface area (Å²) in [6.07, 6.45) is 0.123. The number of hydrogen-bond acceptors (Lipinski definition) is 4. The third kappa shape index (κ3) is 2.70. The van der Waals surface area contributed by atoms with Crippen LogP contribution >= 0.6 is 12.2 Å². The van der Waals surface area contributed by atoms with E-state index in [1.165, 1.54) is 14.2 Å². The highest BCUT2D eigenvalue weighted by molar-refractivity contribution is 7.82. The number of thiocarbonyl (C=S) groups is 1. The van der Waals surface area contributed by atoms with E-state index in [4.69, 9.17) is 26.8 Å². The molecule has 0 aromatic heterocycles. The molecule has 4 nitrogen and oxygen atoms in total. The summed E-state index contributed by atoms with van der Waals surface area (Å²) < 4.78 is 10.3. The van der Waals surface area contributed by atoms with Gasteiger partial charge in [-0.25, -0.2) is 4.79 Å². The van der Waals surface area contributed by atoms with Crippen LogP contribution in [0.1, 0.15) is 5.56 Å². The molecule has 5 heteroatoms. The van der Waals surface area contributed by atoms with Crippen molar-refractivity contribution in [2.24, 2.45) is 0 Å². The zero-order valence-electron chi connectivity index (χ0n) is 9.02. The van der Waals surface area contributed by atoms with E-state index >= 15 is 0 Å². The summed E-state index contributed by atoms with van der Waals surface area (Å²) in [7, 11) is 3.03. The molecule has 0 aliphatic carbocycles. The zero-order valence-corrected chi connectivity index (χ0v) is 9.84. The fourth-order valence-electron chi connectivity index (χ4n) is 1.34. The minimum atomic E-state index is -1.09. The first-order valence-electron chi connectivity index (χ1n) is 4.56. The van der Waals surface area contributed by atoms with Gasteiger partial charge < -0.3 is 14.6 Å². The lowest BCUT2D eigenvalue weighted by atomic mass is 10.1. The van der Waals surface area contributed by atoms with Crippen LogP contribution < -0.4 is 9.47 Å². The van der Waals surface area contributed by atoms with Gasteiger partial charge >= 0.3 is 5.97 Å². The number of carboxylic acids is 1. The van der Waals surface area contributed by atoms with Gasteiger partial charge in [0.2, 0.25) is 0 Å². The fraction of sp³-hybridized carbons (Fsp3) is 0.273. The van der Waals surface area contributed by atoms with Crippen molar-refractivity contribution in [1.29, 1.82) is 0 Å². The molecule has 0 unspecified atom stereocenters. The zero-order chi connectivity index (χ0) is 12.1. The minimum absolute atomic E-state index is 0.0669. The monoisotopic (exact) mass is 240 g/mol. The lowest BCUT2D eigenvalue weighted by molar-refractivity contribution is -0.129. The Morgan fingerprint density at radius 2 is 1.81 bits per heavy atom. The highest BCUT2D eigenvalue weighted by Gasteiger charge is 2.15. The number of hydrogen-bond donors (Lipinski definition) is 1. The SMILES string of the molecule is COc1cccc(OC)c1CC(=S)C(=O)O. The molecule has 0 amide bonds. The number of methoxy groups -OCH3 is 2.